The molecule has 0 radical (unpaired) electrons. The van der Waals surface area contributed by atoms with Crippen LogP contribution in [0.3, 0.4) is 0 Å². The predicted molar refractivity (Wildman–Crippen MR) is 125 cm³/mol. The van der Waals surface area contributed by atoms with Crippen molar-refractivity contribution < 1.29 is 9.18 Å². The summed E-state index contributed by atoms with van der Waals surface area (Å²) in [5.41, 5.74) is 8.57. The number of pyridine rings is 2. The number of benzene rings is 1. The number of hydrogen-bond donors (Lipinski definition) is 2. The van der Waals surface area contributed by atoms with E-state index in [0.29, 0.717) is 29.7 Å². The number of carbonyl (C=O) groups excluding carboxylic acids is 1. The number of nitrogens with one attached hydrogen (secondary N) is 1. The SMILES string of the molecule is NC(=O)c1cn(Cc2ccc(Cn3ccccc3=O)cc2)nc1Cc1ncc2cc[nH]c2c1F. The number of carbonyl (C=O) groups is 1. The maximum Gasteiger partial charge on any atom is 0.252 e. The summed E-state index contributed by atoms with van der Waals surface area (Å²) in [5, 5.41) is 5.16. The van der Waals surface area contributed by atoms with Gasteiger partial charge in [0.25, 0.3) is 11.5 Å². The number of hydrogen-bond acceptors (Lipinski definition) is 4. The van der Waals surface area contributed by atoms with E-state index in [-0.39, 0.29) is 23.2 Å². The van der Waals surface area contributed by atoms with Crippen molar-refractivity contribution in [3.63, 3.8) is 0 Å². The van der Waals surface area contributed by atoms with Crippen molar-refractivity contribution in [3.8, 4) is 0 Å². The second kappa shape index (κ2) is 8.78. The van der Waals surface area contributed by atoms with E-state index >= 15 is 0 Å². The van der Waals surface area contributed by atoms with Gasteiger partial charge in [-0.15, -0.1) is 0 Å². The zero-order valence-electron chi connectivity index (χ0n) is 18.1. The minimum atomic E-state index is -0.633. The molecule has 0 unspecified atom stereocenters. The second-order valence-electron chi connectivity index (χ2n) is 8.04. The number of H-pyrrole nitrogens is 1. The lowest BCUT2D eigenvalue weighted by molar-refractivity contribution is 0.0999. The van der Waals surface area contributed by atoms with Crippen LogP contribution in [0.1, 0.15) is 32.9 Å². The third-order valence-corrected chi connectivity index (χ3v) is 5.67. The van der Waals surface area contributed by atoms with E-state index in [2.05, 4.69) is 15.1 Å². The summed E-state index contributed by atoms with van der Waals surface area (Å²) in [6.07, 6.45) is 6.58. The van der Waals surface area contributed by atoms with E-state index in [4.69, 9.17) is 5.73 Å². The van der Waals surface area contributed by atoms with Crippen LogP contribution in [-0.2, 0) is 19.5 Å². The monoisotopic (exact) mass is 456 g/mol. The van der Waals surface area contributed by atoms with Gasteiger partial charge in [0.15, 0.2) is 5.82 Å². The molecule has 170 valence electrons. The number of fused-ring (bicyclic) bond motifs is 1. The zero-order valence-corrected chi connectivity index (χ0v) is 18.1. The predicted octanol–water partition coefficient (Wildman–Crippen LogP) is 2.85. The van der Waals surface area contributed by atoms with Crippen LogP contribution in [0.4, 0.5) is 4.39 Å². The highest BCUT2D eigenvalue weighted by Gasteiger charge is 2.18. The summed E-state index contributed by atoms with van der Waals surface area (Å²) in [7, 11) is 0. The van der Waals surface area contributed by atoms with E-state index in [0.717, 1.165) is 11.1 Å². The maximum absolute atomic E-state index is 14.8. The molecule has 0 aliphatic carbocycles. The third-order valence-electron chi connectivity index (χ3n) is 5.67. The Hall–Kier alpha value is -4.53. The summed E-state index contributed by atoms with van der Waals surface area (Å²) in [5.74, 6) is -1.10. The molecule has 1 amide bonds. The first-order valence-corrected chi connectivity index (χ1v) is 10.7. The fourth-order valence-electron chi connectivity index (χ4n) is 3.91. The molecule has 0 bridgehead atoms. The van der Waals surface area contributed by atoms with Gasteiger partial charge < -0.3 is 15.3 Å². The number of halogens is 1. The highest BCUT2D eigenvalue weighted by molar-refractivity contribution is 5.93. The smallest absolute Gasteiger partial charge is 0.252 e. The van der Waals surface area contributed by atoms with E-state index in [1.165, 1.54) is 6.07 Å². The molecule has 0 fully saturated rings. The molecule has 0 saturated heterocycles. The third kappa shape index (κ3) is 4.23. The number of aromatic amines is 1. The van der Waals surface area contributed by atoms with E-state index in [9.17, 15) is 14.0 Å². The standard InChI is InChI=1S/C25H21FN6O2/c26-23-21(29-12-18-8-9-28-24(18)23)11-20-19(25(27)34)15-32(30-20)14-17-6-4-16(5-7-17)13-31-10-2-1-3-22(31)33/h1-10,12,15,28H,11,13-14H2,(H2,27,34). The molecule has 0 spiro atoms. The maximum atomic E-state index is 14.8. The van der Waals surface area contributed by atoms with Gasteiger partial charge in [0.05, 0.1) is 35.6 Å². The van der Waals surface area contributed by atoms with Crippen LogP contribution >= 0.6 is 0 Å². The number of primary amides is 1. The average molecular weight is 456 g/mol. The Bertz CT molecular complexity index is 1550. The van der Waals surface area contributed by atoms with Crippen molar-refractivity contribution in [1.82, 2.24) is 24.3 Å². The van der Waals surface area contributed by atoms with Crippen LogP contribution in [0.25, 0.3) is 10.9 Å². The van der Waals surface area contributed by atoms with Crippen molar-refractivity contribution in [3.05, 3.63) is 118 Å². The van der Waals surface area contributed by atoms with Gasteiger partial charge in [0, 0.05) is 42.7 Å². The fourth-order valence-corrected chi connectivity index (χ4v) is 3.91. The number of nitrogens with two attached hydrogens (primary N) is 1. The highest BCUT2D eigenvalue weighted by Crippen LogP contribution is 2.21. The Morgan fingerprint density at radius 3 is 2.53 bits per heavy atom. The topological polar surface area (TPSA) is 112 Å². The summed E-state index contributed by atoms with van der Waals surface area (Å²) in [4.78, 5) is 31.0. The Labute approximate surface area is 193 Å². The van der Waals surface area contributed by atoms with Gasteiger partial charge in [-0.05, 0) is 23.3 Å². The molecule has 8 nitrogen and oxygen atoms in total. The minimum Gasteiger partial charge on any atom is -0.365 e. The molecule has 0 atom stereocenters. The van der Waals surface area contributed by atoms with E-state index < -0.39 is 11.7 Å². The summed E-state index contributed by atoms with van der Waals surface area (Å²) in [6.45, 7) is 0.874. The zero-order chi connectivity index (χ0) is 23.7. The molecule has 34 heavy (non-hydrogen) atoms. The molecule has 4 aromatic heterocycles. The number of amides is 1. The van der Waals surface area contributed by atoms with Crippen molar-refractivity contribution in [2.75, 3.05) is 0 Å². The Balaban J connectivity index is 1.36. The van der Waals surface area contributed by atoms with Crippen LogP contribution in [0.2, 0.25) is 0 Å². The lowest BCUT2D eigenvalue weighted by atomic mass is 10.1. The molecule has 9 heteroatoms. The summed E-state index contributed by atoms with van der Waals surface area (Å²) < 4.78 is 18.1. The molecule has 5 aromatic rings. The van der Waals surface area contributed by atoms with Crippen LogP contribution in [0.15, 0.2) is 78.1 Å². The number of nitrogens with zero attached hydrogens (tertiary/aromatic N) is 4. The van der Waals surface area contributed by atoms with Crippen LogP contribution in [0.5, 0.6) is 0 Å². The number of aromatic nitrogens is 5. The fraction of sp³-hybridized carbons (Fsp3) is 0.120. The van der Waals surface area contributed by atoms with Gasteiger partial charge in [-0.2, -0.15) is 5.10 Å². The molecule has 0 aliphatic rings. The van der Waals surface area contributed by atoms with Crippen LogP contribution < -0.4 is 11.3 Å². The Morgan fingerprint density at radius 1 is 1.03 bits per heavy atom. The molecular formula is C25H21FN6O2. The molecule has 0 saturated carbocycles. The van der Waals surface area contributed by atoms with E-state index in [1.54, 1.807) is 46.2 Å². The summed E-state index contributed by atoms with van der Waals surface area (Å²) >= 11 is 0. The largest absolute Gasteiger partial charge is 0.365 e. The van der Waals surface area contributed by atoms with Crippen molar-refractivity contribution in [1.29, 1.82) is 0 Å². The van der Waals surface area contributed by atoms with Gasteiger partial charge in [0.1, 0.15) is 0 Å². The van der Waals surface area contributed by atoms with E-state index in [1.807, 2.05) is 30.3 Å². The van der Waals surface area contributed by atoms with Gasteiger partial charge in [-0.1, -0.05) is 30.3 Å². The molecule has 0 aliphatic heterocycles. The van der Waals surface area contributed by atoms with Crippen molar-refractivity contribution >= 4 is 16.8 Å². The lowest BCUT2D eigenvalue weighted by Gasteiger charge is -2.07. The van der Waals surface area contributed by atoms with Gasteiger partial charge >= 0.3 is 0 Å². The Kier molecular flexibility index (Phi) is 5.51. The van der Waals surface area contributed by atoms with Gasteiger partial charge in [-0.25, -0.2) is 4.39 Å². The lowest BCUT2D eigenvalue weighted by Crippen LogP contribution is -2.18. The molecular weight excluding hydrogens is 435 g/mol. The first kappa shape index (κ1) is 21.3. The Morgan fingerprint density at radius 2 is 1.79 bits per heavy atom. The second-order valence-corrected chi connectivity index (χ2v) is 8.04. The molecule has 3 N–H and O–H groups in total. The van der Waals surface area contributed by atoms with Crippen LogP contribution in [0, 0.1) is 5.82 Å². The van der Waals surface area contributed by atoms with Crippen LogP contribution in [-0.4, -0.2) is 30.2 Å². The molecule has 5 rings (SSSR count). The normalized spacial score (nSPS) is 11.2. The van der Waals surface area contributed by atoms with Gasteiger partial charge in [0.2, 0.25) is 0 Å². The van der Waals surface area contributed by atoms with Crippen molar-refractivity contribution in [2.24, 2.45) is 5.73 Å². The molecule has 1 aromatic carbocycles. The quantitative estimate of drug-likeness (QED) is 0.392. The number of rotatable bonds is 7. The van der Waals surface area contributed by atoms with Gasteiger partial charge in [-0.3, -0.25) is 19.3 Å². The van der Waals surface area contributed by atoms with Crippen molar-refractivity contribution in [2.45, 2.75) is 19.5 Å². The minimum absolute atomic E-state index is 0.0385. The highest BCUT2D eigenvalue weighted by atomic mass is 19.1. The first-order chi connectivity index (χ1) is 16.5. The summed E-state index contributed by atoms with van der Waals surface area (Å²) in [6, 6.07) is 14.6. The molecule has 4 heterocycles. The average Bonchev–Trinajstić information content (AvgIpc) is 3.46. The first-order valence-electron chi connectivity index (χ1n) is 10.7.